The minimum absolute atomic E-state index is 0.0741. The Bertz CT molecular complexity index is 462. The van der Waals surface area contributed by atoms with Crippen LogP contribution in [0, 0.1) is 0 Å². The number of amides is 1. The largest absolute Gasteiger partial charge is 0.389 e. The molecule has 0 heterocycles. The highest BCUT2D eigenvalue weighted by Gasteiger charge is 2.33. The van der Waals surface area contributed by atoms with Gasteiger partial charge in [-0.3, -0.25) is 4.79 Å². The van der Waals surface area contributed by atoms with Crippen LogP contribution in [0.2, 0.25) is 5.02 Å². The van der Waals surface area contributed by atoms with Gasteiger partial charge in [-0.05, 0) is 31.5 Å². The first kappa shape index (κ1) is 17.0. The van der Waals surface area contributed by atoms with Gasteiger partial charge < -0.3 is 14.7 Å². The number of rotatable bonds is 6. The fraction of sp³-hybridized carbons (Fsp3) is 0.533. The number of halogens is 1. The molecule has 1 N–H and O–H groups in total. The molecule has 0 radical (unpaired) electrons. The predicted molar refractivity (Wildman–Crippen MR) is 80.0 cm³/mol. The van der Waals surface area contributed by atoms with E-state index in [1.165, 1.54) is 12.0 Å². The molecule has 1 amide bonds. The first-order chi connectivity index (χ1) is 9.28. The summed E-state index contributed by atoms with van der Waals surface area (Å²) in [5.41, 5.74) is 0.148. The summed E-state index contributed by atoms with van der Waals surface area (Å²) in [6.45, 7) is 4.13. The molecular weight excluding hydrogens is 278 g/mol. The summed E-state index contributed by atoms with van der Waals surface area (Å²) in [4.78, 5) is 14.1. The molecule has 4 nitrogen and oxygen atoms in total. The van der Waals surface area contributed by atoms with E-state index in [-0.39, 0.29) is 19.1 Å². The third-order valence-electron chi connectivity index (χ3n) is 3.27. The molecule has 0 aliphatic carbocycles. The van der Waals surface area contributed by atoms with Crippen molar-refractivity contribution in [3.63, 3.8) is 0 Å². The van der Waals surface area contributed by atoms with Gasteiger partial charge in [0.1, 0.15) is 0 Å². The second-order valence-electron chi connectivity index (χ2n) is 5.43. The molecule has 0 saturated heterocycles. The maximum atomic E-state index is 12.5. The topological polar surface area (TPSA) is 49.8 Å². The Kier molecular flexibility index (Phi) is 5.99. The van der Waals surface area contributed by atoms with E-state index in [2.05, 4.69) is 0 Å². The van der Waals surface area contributed by atoms with E-state index >= 15 is 0 Å². The van der Waals surface area contributed by atoms with Crippen molar-refractivity contribution < 1.29 is 14.6 Å². The average Bonchev–Trinajstić information content (AvgIpc) is 2.37. The molecule has 1 aromatic rings. The number of nitrogens with zero attached hydrogens (tertiary/aromatic N) is 1. The summed E-state index contributed by atoms with van der Waals surface area (Å²) in [5.74, 6) is -0.0741. The molecule has 0 aliphatic rings. The molecule has 0 fully saturated rings. The second kappa shape index (κ2) is 7.07. The maximum absolute atomic E-state index is 12.5. The Hall–Kier alpha value is -1.10. The summed E-state index contributed by atoms with van der Waals surface area (Å²) >= 11 is 5.98. The highest BCUT2D eigenvalue weighted by Crippen LogP contribution is 2.27. The van der Waals surface area contributed by atoms with Crippen LogP contribution in [0.25, 0.3) is 0 Å². The van der Waals surface area contributed by atoms with Gasteiger partial charge in [-0.25, -0.2) is 0 Å². The Morgan fingerprint density at radius 1 is 1.50 bits per heavy atom. The van der Waals surface area contributed by atoms with Gasteiger partial charge in [-0.15, -0.1) is 0 Å². The van der Waals surface area contributed by atoms with Crippen molar-refractivity contribution in [3.05, 3.63) is 34.9 Å². The third-order valence-corrected chi connectivity index (χ3v) is 3.51. The van der Waals surface area contributed by atoms with Crippen LogP contribution in [0.1, 0.15) is 19.4 Å². The highest BCUT2D eigenvalue weighted by atomic mass is 35.5. The monoisotopic (exact) mass is 299 g/mol. The van der Waals surface area contributed by atoms with Gasteiger partial charge in [0.05, 0.1) is 18.1 Å². The first-order valence-corrected chi connectivity index (χ1v) is 6.85. The molecular formula is C15H22ClNO3. The summed E-state index contributed by atoms with van der Waals surface area (Å²) < 4.78 is 4.86. The molecule has 1 atom stereocenters. The number of carbonyl (C=O) groups is 1. The number of methoxy groups -OCH3 is 1. The van der Waals surface area contributed by atoms with Crippen LogP contribution in [-0.4, -0.2) is 49.3 Å². The number of aliphatic hydroxyl groups is 1. The molecule has 20 heavy (non-hydrogen) atoms. The van der Waals surface area contributed by atoms with Gasteiger partial charge in [0.25, 0.3) is 0 Å². The van der Waals surface area contributed by atoms with E-state index in [0.29, 0.717) is 5.02 Å². The van der Waals surface area contributed by atoms with Crippen LogP contribution in [-0.2, 0) is 14.9 Å². The van der Waals surface area contributed by atoms with Gasteiger partial charge in [-0.2, -0.15) is 0 Å². The van der Waals surface area contributed by atoms with E-state index in [9.17, 15) is 9.90 Å². The quantitative estimate of drug-likeness (QED) is 0.875. The lowest BCUT2D eigenvalue weighted by molar-refractivity contribution is -0.136. The van der Waals surface area contributed by atoms with Gasteiger partial charge in [0.2, 0.25) is 5.91 Å². The number of benzene rings is 1. The molecule has 5 heteroatoms. The number of carbonyl (C=O) groups excluding carboxylic acids is 1. The SMILES string of the molecule is COC[C@H](O)CN(C)C(=O)C(C)(C)c1cccc(Cl)c1. The zero-order chi connectivity index (χ0) is 15.3. The fourth-order valence-corrected chi connectivity index (χ4v) is 2.31. The lowest BCUT2D eigenvalue weighted by Gasteiger charge is -2.31. The van der Waals surface area contributed by atoms with Crippen LogP contribution in [0.3, 0.4) is 0 Å². The number of likely N-dealkylation sites (N-methyl/N-ethyl adjacent to an activating group) is 1. The molecule has 0 unspecified atom stereocenters. The summed E-state index contributed by atoms with van der Waals surface area (Å²) in [7, 11) is 3.19. The molecule has 0 bridgehead atoms. The van der Waals surface area contributed by atoms with Crippen molar-refractivity contribution in [1.29, 1.82) is 0 Å². The van der Waals surface area contributed by atoms with E-state index in [1.54, 1.807) is 19.2 Å². The molecule has 0 aliphatic heterocycles. The first-order valence-electron chi connectivity index (χ1n) is 6.47. The zero-order valence-electron chi connectivity index (χ0n) is 12.4. The van der Waals surface area contributed by atoms with Gasteiger partial charge in [-0.1, -0.05) is 23.7 Å². The van der Waals surface area contributed by atoms with Crippen LogP contribution in [0.5, 0.6) is 0 Å². The Morgan fingerprint density at radius 3 is 2.70 bits per heavy atom. The van der Waals surface area contributed by atoms with Gasteiger partial charge in [0.15, 0.2) is 0 Å². The van der Waals surface area contributed by atoms with E-state index in [0.717, 1.165) is 5.56 Å². The highest BCUT2D eigenvalue weighted by molar-refractivity contribution is 6.30. The lowest BCUT2D eigenvalue weighted by Crippen LogP contribution is -2.45. The van der Waals surface area contributed by atoms with Crippen molar-refractivity contribution in [2.45, 2.75) is 25.4 Å². The van der Waals surface area contributed by atoms with Crippen LogP contribution in [0.15, 0.2) is 24.3 Å². The smallest absolute Gasteiger partial charge is 0.232 e. The molecule has 0 spiro atoms. The number of ether oxygens (including phenoxy) is 1. The van der Waals surface area contributed by atoms with Crippen molar-refractivity contribution >= 4 is 17.5 Å². The average molecular weight is 300 g/mol. The van der Waals surface area contributed by atoms with Crippen molar-refractivity contribution in [1.82, 2.24) is 4.90 Å². The second-order valence-corrected chi connectivity index (χ2v) is 5.87. The van der Waals surface area contributed by atoms with E-state index < -0.39 is 11.5 Å². The van der Waals surface area contributed by atoms with Crippen molar-refractivity contribution in [2.24, 2.45) is 0 Å². The van der Waals surface area contributed by atoms with Crippen molar-refractivity contribution in [3.8, 4) is 0 Å². The Labute approximate surface area is 125 Å². The summed E-state index contributed by atoms with van der Waals surface area (Å²) in [6, 6.07) is 7.27. The van der Waals surface area contributed by atoms with E-state index in [1.807, 2.05) is 26.0 Å². The van der Waals surface area contributed by atoms with Gasteiger partial charge in [0, 0.05) is 25.7 Å². The minimum Gasteiger partial charge on any atom is -0.389 e. The van der Waals surface area contributed by atoms with Crippen LogP contribution >= 0.6 is 11.6 Å². The number of aliphatic hydroxyl groups excluding tert-OH is 1. The van der Waals surface area contributed by atoms with E-state index in [4.69, 9.17) is 16.3 Å². The summed E-state index contributed by atoms with van der Waals surface area (Å²) in [5, 5.41) is 10.3. The molecule has 0 saturated carbocycles. The normalized spacial score (nSPS) is 13.1. The number of hydrogen-bond acceptors (Lipinski definition) is 3. The standard InChI is InChI=1S/C15H22ClNO3/c1-15(2,11-6-5-7-12(16)8-11)14(19)17(3)9-13(18)10-20-4/h5-8,13,18H,9-10H2,1-4H3/t13-/m1/s1. The molecule has 0 aromatic heterocycles. The summed E-state index contributed by atoms with van der Waals surface area (Å²) in [6.07, 6.45) is -0.691. The maximum Gasteiger partial charge on any atom is 0.232 e. The minimum atomic E-state index is -0.702. The molecule has 1 aromatic carbocycles. The zero-order valence-corrected chi connectivity index (χ0v) is 13.1. The number of hydrogen-bond donors (Lipinski definition) is 1. The van der Waals surface area contributed by atoms with Crippen LogP contribution in [0.4, 0.5) is 0 Å². The Morgan fingerprint density at radius 2 is 2.15 bits per heavy atom. The van der Waals surface area contributed by atoms with Crippen molar-refractivity contribution in [2.75, 3.05) is 27.3 Å². The lowest BCUT2D eigenvalue weighted by atomic mass is 9.83. The third kappa shape index (κ3) is 4.20. The fourth-order valence-electron chi connectivity index (χ4n) is 2.12. The Balaban J connectivity index is 2.83. The van der Waals surface area contributed by atoms with Gasteiger partial charge >= 0.3 is 0 Å². The predicted octanol–water partition coefficient (Wildman–Crippen LogP) is 2.08. The molecule has 112 valence electrons. The molecule has 1 rings (SSSR count). The van der Waals surface area contributed by atoms with Crippen LogP contribution < -0.4 is 0 Å².